The highest BCUT2D eigenvalue weighted by molar-refractivity contribution is 7.90. The van der Waals surface area contributed by atoms with Crippen LogP contribution in [-0.2, 0) is 27.7 Å². The molecule has 0 radical (unpaired) electrons. The lowest BCUT2D eigenvalue weighted by atomic mass is 9.83. The van der Waals surface area contributed by atoms with Gasteiger partial charge in [0.1, 0.15) is 12.6 Å². The number of aldehydes is 2. The minimum atomic E-state index is -3.23. The van der Waals surface area contributed by atoms with Crippen molar-refractivity contribution in [3.05, 3.63) is 78.9 Å². The molecule has 2 aromatic carbocycles. The van der Waals surface area contributed by atoms with Crippen LogP contribution in [0.5, 0.6) is 0 Å². The molecular weight excluding hydrogens is 729 g/mol. The molecule has 56 heavy (non-hydrogen) atoms. The average molecular weight is 783 g/mol. The Morgan fingerprint density at radius 3 is 1.80 bits per heavy atom. The lowest BCUT2D eigenvalue weighted by Crippen LogP contribution is -2.20. The van der Waals surface area contributed by atoms with Gasteiger partial charge in [0.05, 0.1) is 28.1 Å². The van der Waals surface area contributed by atoms with Gasteiger partial charge < -0.3 is 15.4 Å². The summed E-state index contributed by atoms with van der Waals surface area (Å²) in [6, 6.07) is 13.7. The van der Waals surface area contributed by atoms with Gasteiger partial charge in [0.2, 0.25) is 11.9 Å². The van der Waals surface area contributed by atoms with Crippen LogP contribution in [0.3, 0.4) is 0 Å². The molecule has 0 amide bonds. The van der Waals surface area contributed by atoms with E-state index in [1.165, 1.54) is 38.4 Å². The number of hydrogen-bond donors (Lipinski definition) is 2. The molecule has 0 aliphatic heterocycles. The van der Waals surface area contributed by atoms with E-state index in [1.807, 2.05) is 41.5 Å². The summed E-state index contributed by atoms with van der Waals surface area (Å²) in [7, 11) is -3.23. The van der Waals surface area contributed by atoms with E-state index in [9.17, 15) is 18.0 Å². The number of anilines is 4. The van der Waals surface area contributed by atoms with Gasteiger partial charge >= 0.3 is 0 Å². The molecule has 8 rings (SSSR count). The Morgan fingerprint density at radius 2 is 1.27 bits per heavy atom. The number of nitrogens with zero attached hydrogens (tertiary/aromatic N) is 8. The van der Waals surface area contributed by atoms with Crippen LogP contribution in [0.4, 0.5) is 23.3 Å². The molecule has 0 spiro atoms. The molecule has 2 aliphatic rings. The summed E-state index contributed by atoms with van der Waals surface area (Å²) in [6.45, 7) is 5.69. The SMILES string of the molecule is CC.CS(=O)(=O)c1ccc(Nc2ncc3cnn(CC4CCC(C=O)CC4)c3n2)cc1.O=Cc1cccc(Nc2ncc3cnn(CC4CCCCC4)c3n2)c1.[HH].[HH]. The Kier molecular flexibility index (Phi) is 13.5. The van der Waals surface area contributed by atoms with E-state index in [1.54, 1.807) is 55.0 Å². The van der Waals surface area contributed by atoms with E-state index < -0.39 is 9.84 Å². The van der Waals surface area contributed by atoms with Crippen molar-refractivity contribution in [2.75, 3.05) is 16.9 Å². The fourth-order valence-electron chi connectivity index (χ4n) is 7.22. The first-order chi connectivity index (χ1) is 27.2. The van der Waals surface area contributed by atoms with Crippen molar-refractivity contribution in [3.63, 3.8) is 0 Å². The Morgan fingerprint density at radius 1 is 0.714 bits per heavy atom. The zero-order valence-electron chi connectivity index (χ0n) is 32.2. The molecule has 0 bridgehead atoms. The molecule has 14 nitrogen and oxygen atoms in total. The number of carbonyl (C=O) groups excluding carboxylic acids is 2. The highest BCUT2D eigenvalue weighted by atomic mass is 32.2. The maximum absolute atomic E-state index is 11.6. The van der Waals surface area contributed by atoms with Gasteiger partial charge in [-0.3, -0.25) is 4.79 Å². The van der Waals surface area contributed by atoms with Crippen LogP contribution in [0.25, 0.3) is 22.1 Å². The third-order valence-electron chi connectivity index (χ3n) is 10.2. The van der Waals surface area contributed by atoms with E-state index in [2.05, 4.69) is 40.8 Å². The molecule has 0 atom stereocenters. The lowest BCUT2D eigenvalue weighted by molar-refractivity contribution is -0.112. The highest BCUT2D eigenvalue weighted by Gasteiger charge is 2.22. The zero-order valence-corrected chi connectivity index (χ0v) is 33.0. The van der Waals surface area contributed by atoms with Gasteiger partial charge in [-0.15, -0.1) is 0 Å². The van der Waals surface area contributed by atoms with E-state index in [0.717, 1.165) is 79.1 Å². The monoisotopic (exact) mass is 782 g/mol. The Hall–Kier alpha value is -5.57. The van der Waals surface area contributed by atoms with Gasteiger partial charge in [-0.05, 0) is 86.8 Å². The van der Waals surface area contributed by atoms with Crippen molar-refractivity contribution in [1.82, 2.24) is 39.5 Å². The standard InChI is InChI=1S/C20H23N5O3S.C19H21N5O.C2H6.2H2/c1-29(27,28)18-8-6-17(7-9-18)23-20-21-10-16-11-22-25(19(16)24-20)12-14-2-4-15(13-26)5-3-14;25-13-15-7-4-8-17(9-15)22-19-20-10-16-11-21-24(18(16)23-19)12-14-5-2-1-3-6-14;1-2;;/h6-11,13-15H,2-5,12H2,1H3,(H,21,23,24);4,7-11,13-14H,1-3,5-6,12H2,(H,20,22,23);1-2H3;2*1H. The molecule has 298 valence electrons. The minimum Gasteiger partial charge on any atom is -0.324 e. The Labute approximate surface area is 330 Å². The smallest absolute Gasteiger partial charge is 0.229 e. The van der Waals surface area contributed by atoms with E-state index in [0.29, 0.717) is 35.0 Å². The fourth-order valence-corrected chi connectivity index (χ4v) is 7.85. The van der Waals surface area contributed by atoms with Crippen LogP contribution < -0.4 is 10.6 Å². The zero-order chi connectivity index (χ0) is 39.5. The van der Waals surface area contributed by atoms with Gasteiger partial charge in [-0.25, -0.2) is 27.7 Å². The first kappa shape index (κ1) is 40.1. The molecule has 2 fully saturated rings. The molecule has 2 N–H and O–H groups in total. The number of carbonyl (C=O) groups is 2. The largest absolute Gasteiger partial charge is 0.324 e. The number of aromatic nitrogens is 8. The first-order valence-electron chi connectivity index (χ1n) is 19.5. The number of rotatable bonds is 11. The Balaban J connectivity index is 0.000000240. The van der Waals surface area contributed by atoms with E-state index >= 15 is 0 Å². The van der Waals surface area contributed by atoms with Crippen LogP contribution in [0.15, 0.2) is 78.2 Å². The number of benzene rings is 2. The normalized spacial score (nSPS) is 17.3. The molecule has 0 saturated heterocycles. The van der Waals surface area contributed by atoms with Crippen molar-refractivity contribution in [3.8, 4) is 0 Å². The first-order valence-corrected chi connectivity index (χ1v) is 21.3. The van der Waals surface area contributed by atoms with Gasteiger partial charge in [0.15, 0.2) is 21.1 Å². The van der Waals surface area contributed by atoms with Gasteiger partial charge in [0.25, 0.3) is 0 Å². The Bertz CT molecular complexity index is 2340. The van der Waals surface area contributed by atoms with Crippen molar-refractivity contribution in [2.24, 2.45) is 17.8 Å². The quantitative estimate of drug-likeness (QED) is 0.120. The highest BCUT2D eigenvalue weighted by Crippen LogP contribution is 2.30. The molecule has 0 unspecified atom stereocenters. The van der Waals surface area contributed by atoms with Gasteiger partial charge in [-0.2, -0.15) is 20.2 Å². The predicted molar refractivity (Wildman–Crippen MR) is 222 cm³/mol. The summed E-state index contributed by atoms with van der Waals surface area (Å²) in [6.07, 6.45) is 20.7. The van der Waals surface area contributed by atoms with Crippen LogP contribution in [0.1, 0.15) is 84.8 Å². The van der Waals surface area contributed by atoms with Crippen LogP contribution >= 0.6 is 0 Å². The molecular formula is C41H54N10O4S. The molecule has 4 aromatic heterocycles. The van der Waals surface area contributed by atoms with Gasteiger partial charge in [0, 0.05) is 57.4 Å². The van der Waals surface area contributed by atoms with Crippen molar-refractivity contribution in [2.45, 2.75) is 89.6 Å². The predicted octanol–water partition coefficient (Wildman–Crippen LogP) is 8.46. The molecule has 2 saturated carbocycles. The third kappa shape index (κ3) is 10.4. The van der Waals surface area contributed by atoms with Crippen LogP contribution in [0, 0.1) is 17.8 Å². The summed E-state index contributed by atoms with van der Waals surface area (Å²) < 4.78 is 27.1. The summed E-state index contributed by atoms with van der Waals surface area (Å²) in [4.78, 5) is 40.0. The second-order valence-electron chi connectivity index (χ2n) is 14.3. The second-order valence-corrected chi connectivity index (χ2v) is 16.3. The van der Waals surface area contributed by atoms with Crippen molar-refractivity contribution in [1.29, 1.82) is 0 Å². The molecule has 4 heterocycles. The summed E-state index contributed by atoms with van der Waals surface area (Å²) >= 11 is 0. The number of nitrogens with one attached hydrogen (secondary N) is 2. The second kappa shape index (κ2) is 18.8. The van der Waals surface area contributed by atoms with Crippen LogP contribution in [-0.4, -0.2) is 66.7 Å². The number of sulfone groups is 1. The van der Waals surface area contributed by atoms with E-state index in [-0.39, 0.29) is 13.7 Å². The maximum atomic E-state index is 11.6. The topological polar surface area (TPSA) is 180 Å². The number of fused-ring (bicyclic) bond motifs is 2. The molecule has 2 aliphatic carbocycles. The maximum Gasteiger partial charge on any atom is 0.229 e. The summed E-state index contributed by atoms with van der Waals surface area (Å²) in [5.74, 6) is 2.32. The summed E-state index contributed by atoms with van der Waals surface area (Å²) in [5.41, 5.74) is 3.73. The van der Waals surface area contributed by atoms with Crippen molar-refractivity contribution >= 4 is 67.7 Å². The summed E-state index contributed by atoms with van der Waals surface area (Å²) in [5, 5.41) is 17.1. The molecule has 6 aromatic rings. The fraction of sp³-hybridized carbons (Fsp3) is 0.415. The van der Waals surface area contributed by atoms with Crippen LogP contribution in [0.2, 0.25) is 0 Å². The number of hydrogen-bond acceptors (Lipinski definition) is 12. The van der Waals surface area contributed by atoms with Crippen molar-refractivity contribution < 1.29 is 20.9 Å². The van der Waals surface area contributed by atoms with Gasteiger partial charge in [-0.1, -0.05) is 45.2 Å². The average Bonchev–Trinajstić information content (AvgIpc) is 3.82. The van der Waals surface area contributed by atoms with E-state index in [4.69, 9.17) is 0 Å². The minimum absolute atomic E-state index is 0. The lowest BCUT2D eigenvalue weighted by Gasteiger charge is -2.25. The third-order valence-corrected chi connectivity index (χ3v) is 11.4. The molecule has 15 heteroatoms.